The summed E-state index contributed by atoms with van der Waals surface area (Å²) in [5.41, 5.74) is 3.38. The average molecular weight is 427 g/mol. The van der Waals surface area contributed by atoms with Crippen molar-refractivity contribution in [3.63, 3.8) is 0 Å². The van der Waals surface area contributed by atoms with Gasteiger partial charge < -0.3 is 9.15 Å². The zero-order valence-electron chi connectivity index (χ0n) is 16.4. The molecule has 1 N–H and O–H groups in total. The van der Waals surface area contributed by atoms with Crippen molar-refractivity contribution in [3.05, 3.63) is 53.6 Å². The molecule has 0 aliphatic heterocycles. The van der Waals surface area contributed by atoms with Gasteiger partial charge in [0.25, 0.3) is 0 Å². The molecule has 3 aromatic rings. The van der Waals surface area contributed by atoms with Crippen LogP contribution in [0.15, 0.2) is 51.8 Å². The Labute approximate surface area is 174 Å². The van der Waals surface area contributed by atoms with Crippen LogP contribution in [0.25, 0.3) is 11.5 Å². The first kappa shape index (κ1) is 20.1. The summed E-state index contributed by atoms with van der Waals surface area (Å²) in [7, 11) is -2.33. The zero-order valence-corrected chi connectivity index (χ0v) is 17.2. The van der Waals surface area contributed by atoms with E-state index in [1.165, 1.54) is 48.9 Å². The molecule has 9 heteroatoms. The van der Waals surface area contributed by atoms with Crippen molar-refractivity contribution in [3.8, 4) is 17.2 Å². The van der Waals surface area contributed by atoms with Crippen LogP contribution >= 0.6 is 0 Å². The molecular formula is C21H21N3O5S. The van der Waals surface area contributed by atoms with Crippen LogP contribution < -0.4 is 10.1 Å². The van der Waals surface area contributed by atoms with Crippen LogP contribution in [-0.4, -0.2) is 37.4 Å². The Hall–Kier alpha value is -3.20. The van der Waals surface area contributed by atoms with E-state index in [0.29, 0.717) is 5.75 Å². The number of hydrogen-bond acceptors (Lipinski definition) is 7. The zero-order chi connectivity index (χ0) is 21.1. The molecule has 0 unspecified atom stereocenters. The number of carbonyl (C=O) groups excluding carboxylic acids is 1. The summed E-state index contributed by atoms with van der Waals surface area (Å²) in [6.45, 7) is 0. The lowest BCUT2D eigenvalue weighted by Gasteiger charge is -2.15. The number of aromatic nitrogens is 2. The normalized spacial score (nSPS) is 13.5. The summed E-state index contributed by atoms with van der Waals surface area (Å²) in [6.07, 6.45) is 4.44. The molecular weight excluding hydrogens is 406 g/mol. The highest BCUT2D eigenvalue weighted by Gasteiger charge is 2.21. The topological polar surface area (TPSA) is 111 Å². The number of amides is 1. The van der Waals surface area contributed by atoms with Gasteiger partial charge in [-0.2, -0.15) is 0 Å². The second-order valence-electron chi connectivity index (χ2n) is 7.09. The van der Waals surface area contributed by atoms with E-state index in [9.17, 15) is 13.2 Å². The van der Waals surface area contributed by atoms with E-state index in [4.69, 9.17) is 9.15 Å². The Bertz CT molecular complexity index is 1170. The predicted octanol–water partition coefficient (Wildman–Crippen LogP) is 3.04. The summed E-state index contributed by atoms with van der Waals surface area (Å²) in [4.78, 5) is 12.2. The van der Waals surface area contributed by atoms with Crippen molar-refractivity contribution < 1.29 is 22.4 Å². The lowest BCUT2D eigenvalue weighted by Crippen LogP contribution is -2.23. The van der Waals surface area contributed by atoms with E-state index < -0.39 is 21.5 Å². The van der Waals surface area contributed by atoms with Crippen LogP contribution in [0.2, 0.25) is 0 Å². The average Bonchev–Trinajstić information content (AvgIpc) is 3.21. The summed E-state index contributed by atoms with van der Waals surface area (Å²) >= 11 is 0. The third kappa shape index (κ3) is 4.35. The number of nitrogens with zero attached hydrogens (tertiary/aromatic N) is 2. The van der Waals surface area contributed by atoms with Gasteiger partial charge in [-0.05, 0) is 73.2 Å². The number of ether oxygens (including phenoxy) is 1. The number of anilines is 1. The minimum absolute atomic E-state index is 0.0266. The molecule has 30 heavy (non-hydrogen) atoms. The summed E-state index contributed by atoms with van der Waals surface area (Å²) in [5.74, 6) is -0.697. The second-order valence-corrected chi connectivity index (χ2v) is 9.08. The van der Waals surface area contributed by atoms with E-state index in [0.717, 1.165) is 24.8 Å². The van der Waals surface area contributed by atoms with Crippen molar-refractivity contribution in [2.24, 2.45) is 0 Å². The summed E-state index contributed by atoms with van der Waals surface area (Å²) < 4.78 is 35.4. The lowest BCUT2D eigenvalue weighted by molar-refractivity contribution is -0.114. The summed E-state index contributed by atoms with van der Waals surface area (Å²) in [6, 6.07) is 11.7. The van der Waals surface area contributed by atoms with Crippen LogP contribution in [0, 0.1) is 0 Å². The first-order chi connectivity index (χ1) is 14.4. The number of benzene rings is 2. The molecule has 0 fully saturated rings. The molecule has 0 saturated carbocycles. The van der Waals surface area contributed by atoms with E-state index in [1.807, 2.05) is 12.1 Å². The first-order valence-corrected chi connectivity index (χ1v) is 11.2. The smallest absolute Gasteiger partial charge is 0.322 e. The molecule has 4 rings (SSSR count). The molecule has 1 heterocycles. The minimum Gasteiger partial charge on any atom is -0.497 e. The molecule has 1 aliphatic carbocycles. The van der Waals surface area contributed by atoms with Gasteiger partial charge in [0.15, 0.2) is 9.84 Å². The number of aryl methyl sites for hydroxylation is 2. The molecule has 1 amide bonds. The monoisotopic (exact) mass is 427 g/mol. The molecule has 156 valence electrons. The predicted molar refractivity (Wildman–Crippen MR) is 110 cm³/mol. The molecule has 1 aromatic heterocycles. The lowest BCUT2D eigenvalue weighted by atomic mass is 9.90. The Morgan fingerprint density at radius 2 is 1.80 bits per heavy atom. The van der Waals surface area contributed by atoms with Crippen molar-refractivity contribution in [1.29, 1.82) is 0 Å². The summed E-state index contributed by atoms with van der Waals surface area (Å²) in [5, 5.41) is 10.1. The standard InChI is InChI=1S/C21H21N3O5S/c1-28-17-8-10-18(11-9-17)30(26,27)13-19(25)22-21-24-23-20(29-21)16-7-6-14-4-2-3-5-15(14)12-16/h6-12H,2-5,13H2,1H3,(H,22,24,25). The van der Waals surface area contributed by atoms with Crippen molar-refractivity contribution in [2.75, 3.05) is 18.2 Å². The molecule has 0 bridgehead atoms. The molecule has 0 radical (unpaired) electrons. The third-order valence-electron chi connectivity index (χ3n) is 5.01. The Morgan fingerprint density at radius 3 is 2.53 bits per heavy atom. The Balaban J connectivity index is 1.43. The number of fused-ring (bicyclic) bond motifs is 1. The fourth-order valence-electron chi connectivity index (χ4n) is 3.45. The minimum atomic E-state index is -3.82. The van der Waals surface area contributed by atoms with Gasteiger partial charge in [-0.3, -0.25) is 10.1 Å². The van der Waals surface area contributed by atoms with E-state index in [2.05, 4.69) is 21.6 Å². The second kappa shape index (κ2) is 8.27. The van der Waals surface area contributed by atoms with Crippen LogP contribution in [0.5, 0.6) is 5.75 Å². The van der Waals surface area contributed by atoms with Gasteiger partial charge in [-0.1, -0.05) is 11.2 Å². The quantitative estimate of drug-likeness (QED) is 0.643. The van der Waals surface area contributed by atoms with Crippen LogP contribution in [-0.2, 0) is 27.5 Å². The SMILES string of the molecule is COc1ccc(S(=O)(=O)CC(=O)Nc2nnc(-c3ccc4c(c3)CCCC4)o2)cc1. The van der Waals surface area contributed by atoms with E-state index >= 15 is 0 Å². The van der Waals surface area contributed by atoms with E-state index in [-0.39, 0.29) is 16.8 Å². The van der Waals surface area contributed by atoms with Crippen molar-refractivity contribution >= 4 is 21.8 Å². The van der Waals surface area contributed by atoms with Gasteiger partial charge >= 0.3 is 6.01 Å². The highest BCUT2D eigenvalue weighted by molar-refractivity contribution is 7.92. The van der Waals surface area contributed by atoms with Gasteiger partial charge in [0.1, 0.15) is 11.5 Å². The maximum Gasteiger partial charge on any atom is 0.322 e. The molecule has 0 atom stereocenters. The maximum absolute atomic E-state index is 12.4. The van der Waals surface area contributed by atoms with Gasteiger partial charge in [0, 0.05) is 5.56 Å². The number of carbonyl (C=O) groups is 1. The van der Waals surface area contributed by atoms with Crippen molar-refractivity contribution in [1.82, 2.24) is 10.2 Å². The molecule has 1 aliphatic rings. The highest BCUT2D eigenvalue weighted by Crippen LogP contribution is 2.27. The van der Waals surface area contributed by atoms with Gasteiger partial charge in [0.2, 0.25) is 11.8 Å². The fraction of sp³-hybridized carbons (Fsp3) is 0.286. The Morgan fingerprint density at radius 1 is 1.07 bits per heavy atom. The number of methoxy groups -OCH3 is 1. The van der Waals surface area contributed by atoms with E-state index in [1.54, 1.807) is 0 Å². The molecule has 8 nitrogen and oxygen atoms in total. The van der Waals surface area contributed by atoms with Crippen LogP contribution in [0.4, 0.5) is 6.01 Å². The third-order valence-corrected chi connectivity index (χ3v) is 6.64. The van der Waals surface area contributed by atoms with Gasteiger partial charge in [0.05, 0.1) is 12.0 Å². The highest BCUT2D eigenvalue weighted by atomic mass is 32.2. The fourth-order valence-corrected chi connectivity index (χ4v) is 4.59. The molecule has 2 aromatic carbocycles. The van der Waals surface area contributed by atoms with Gasteiger partial charge in [-0.15, -0.1) is 5.10 Å². The largest absolute Gasteiger partial charge is 0.497 e. The van der Waals surface area contributed by atoms with Crippen molar-refractivity contribution in [2.45, 2.75) is 30.6 Å². The number of nitrogens with one attached hydrogen (secondary N) is 1. The number of hydrogen-bond donors (Lipinski definition) is 1. The van der Waals surface area contributed by atoms with Crippen LogP contribution in [0.3, 0.4) is 0 Å². The van der Waals surface area contributed by atoms with Gasteiger partial charge in [-0.25, -0.2) is 8.42 Å². The Kier molecular flexibility index (Phi) is 5.54. The first-order valence-electron chi connectivity index (χ1n) is 9.57. The maximum atomic E-state index is 12.4. The molecule has 0 saturated heterocycles. The number of rotatable bonds is 6. The molecule has 0 spiro atoms. The van der Waals surface area contributed by atoms with Crippen LogP contribution in [0.1, 0.15) is 24.0 Å². The number of sulfone groups is 1.